The van der Waals surface area contributed by atoms with Crippen LogP contribution in [0.1, 0.15) is 22.8 Å². The minimum atomic E-state index is -0.132. The number of aryl methyl sites for hydroxylation is 1. The molecule has 182 valence electrons. The smallest absolute Gasteiger partial charge is 0.255 e. The summed E-state index contributed by atoms with van der Waals surface area (Å²) >= 11 is 1.64. The molecule has 1 heterocycles. The number of fused-ring (bicyclic) bond motifs is 1. The molecule has 0 radical (unpaired) electrons. The Hall–Kier alpha value is -3.42. The molecular formula is C28H32N4O2S. The molecule has 0 aliphatic heterocycles. The van der Waals surface area contributed by atoms with Gasteiger partial charge in [-0.3, -0.25) is 4.79 Å². The van der Waals surface area contributed by atoms with Crippen molar-refractivity contribution < 1.29 is 9.53 Å². The van der Waals surface area contributed by atoms with Crippen molar-refractivity contribution >= 4 is 38.3 Å². The van der Waals surface area contributed by atoms with Crippen LogP contribution >= 0.6 is 11.3 Å². The van der Waals surface area contributed by atoms with Gasteiger partial charge in [0.2, 0.25) is 0 Å². The summed E-state index contributed by atoms with van der Waals surface area (Å²) in [5.74, 6) is 0.738. The van der Waals surface area contributed by atoms with Crippen molar-refractivity contribution in [2.24, 2.45) is 0 Å². The van der Waals surface area contributed by atoms with Gasteiger partial charge in [0.1, 0.15) is 5.75 Å². The van der Waals surface area contributed by atoms with E-state index in [2.05, 4.69) is 49.2 Å². The average molecular weight is 489 g/mol. The van der Waals surface area contributed by atoms with E-state index in [1.54, 1.807) is 11.3 Å². The molecule has 0 saturated carbocycles. The third-order valence-electron chi connectivity index (χ3n) is 5.81. The van der Waals surface area contributed by atoms with E-state index in [0.29, 0.717) is 12.2 Å². The quantitative estimate of drug-likeness (QED) is 0.317. The van der Waals surface area contributed by atoms with E-state index in [0.717, 1.165) is 56.6 Å². The molecule has 1 amide bonds. The van der Waals surface area contributed by atoms with E-state index in [1.165, 1.54) is 0 Å². The van der Waals surface area contributed by atoms with Gasteiger partial charge in [-0.25, -0.2) is 4.98 Å². The van der Waals surface area contributed by atoms with Crippen molar-refractivity contribution in [2.45, 2.75) is 13.8 Å². The molecule has 0 fully saturated rings. The van der Waals surface area contributed by atoms with Crippen molar-refractivity contribution in [3.63, 3.8) is 0 Å². The molecule has 1 aromatic heterocycles. The highest BCUT2D eigenvalue weighted by Crippen LogP contribution is 2.31. The number of likely N-dealkylation sites (N-methyl/N-ethyl adjacent to an activating group) is 2. The molecule has 6 nitrogen and oxygen atoms in total. The minimum absolute atomic E-state index is 0.132. The summed E-state index contributed by atoms with van der Waals surface area (Å²) in [6.07, 6.45) is 0. The molecule has 1 N–H and O–H groups in total. The van der Waals surface area contributed by atoms with Gasteiger partial charge in [0, 0.05) is 31.4 Å². The Balaban J connectivity index is 1.45. The van der Waals surface area contributed by atoms with Crippen LogP contribution in [0.2, 0.25) is 0 Å². The normalized spacial score (nSPS) is 11.1. The van der Waals surface area contributed by atoms with Crippen LogP contribution in [0.5, 0.6) is 5.75 Å². The van der Waals surface area contributed by atoms with Crippen molar-refractivity contribution in [3.05, 3.63) is 71.8 Å². The zero-order valence-corrected chi connectivity index (χ0v) is 21.8. The second-order valence-corrected chi connectivity index (χ2v) is 9.85. The molecule has 7 heteroatoms. The Kier molecular flexibility index (Phi) is 7.68. The zero-order valence-electron chi connectivity index (χ0n) is 21.0. The molecule has 0 spiro atoms. The predicted molar refractivity (Wildman–Crippen MR) is 147 cm³/mol. The van der Waals surface area contributed by atoms with Crippen molar-refractivity contribution in [1.29, 1.82) is 0 Å². The summed E-state index contributed by atoms with van der Waals surface area (Å²) in [6, 6.07) is 19.6. The number of aromatic nitrogens is 1. The van der Waals surface area contributed by atoms with Crippen LogP contribution in [0.15, 0.2) is 60.7 Å². The molecule has 0 bridgehead atoms. The molecule has 0 atom stereocenters. The number of nitrogens with one attached hydrogen (secondary N) is 1. The summed E-state index contributed by atoms with van der Waals surface area (Å²) in [6.45, 7) is 6.56. The van der Waals surface area contributed by atoms with Gasteiger partial charge in [-0.1, -0.05) is 29.5 Å². The third-order valence-corrected chi connectivity index (χ3v) is 6.94. The van der Waals surface area contributed by atoms with E-state index in [1.807, 2.05) is 61.5 Å². The number of anilines is 2. The van der Waals surface area contributed by atoms with Crippen molar-refractivity contribution in [1.82, 2.24) is 9.88 Å². The Morgan fingerprint density at radius 3 is 2.46 bits per heavy atom. The topological polar surface area (TPSA) is 57.7 Å². The first-order chi connectivity index (χ1) is 16.8. The maximum atomic E-state index is 12.9. The van der Waals surface area contributed by atoms with Gasteiger partial charge >= 0.3 is 0 Å². The summed E-state index contributed by atoms with van der Waals surface area (Å²) in [5.41, 5.74) is 5.65. The number of benzene rings is 3. The van der Waals surface area contributed by atoms with E-state index in [4.69, 9.17) is 9.72 Å². The van der Waals surface area contributed by atoms with E-state index < -0.39 is 0 Å². The molecular weight excluding hydrogens is 456 g/mol. The second-order valence-electron chi connectivity index (χ2n) is 8.84. The number of hydrogen-bond acceptors (Lipinski definition) is 6. The van der Waals surface area contributed by atoms with Gasteiger partial charge in [0.05, 0.1) is 16.8 Å². The molecule has 35 heavy (non-hydrogen) atoms. The fourth-order valence-corrected chi connectivity index (χ4v) is 4.81. The van der Waals surface area contributed by atoms with E-state index in [9.17, 15) is 4.79 Å². The van der Waals surface area contributed by atoms with Crippen LogP contribution in [0, 0.1) is 6.92 Å². The SMILES string of the molecule is CCOc1ccc(-c2ccc(C(=O)Nc3ccc4nc(N(C)CCN(C)C)sc4c3)cc2)c(C)c1. The van der Waals surface area contributed by atoms with Crippen LogP contribution in [-0.4, -0.2) is 56.6 Å². The van der Waals surface area contributed by atoms with Crippen LogP contribution in [0.4, 0.5) is 10.8 Å². The average Bonchev–Trinajstić information content (AvgIpc) is 3.26. The maximum absolute atomic E-state index is 12.9. The lowest BCUT2D eigenvalue weighted by atomic mass is 9.99. The number of rotatable bonds is 9. The van der Waals surface area contributed by atoms with E-state index >= 15 is 0 Å². The van der Waals surface area contributed by atoms with E-state index in [-0.39, 0.29) is 5.91 Å². The molecule has 4 aromatic rings. The number of amides is 1. The summed E-state index contributed by atoms with van der Waals surface area (Å²) in [4.78, 5) is 21.9. The highest BCUT2D eigenvalue weighted by Gasteiger charge is 2.12. The number of carbonyl (C=O) groups excluding carboxylic acids is 1. The van der Waals surface area contributed by atoms with Gasteiger partial charge in [-0.05, 0) is 87.1 Å². The Morgan fingerprint density at radius 1 is 1.00 bits per heavy atom. The van der Waals surface area contributed by atoms with Gasteiger partial charge in [0.15, 0.2) is 5.13 Å². The highest BCUT2D eigenvalue weighted by molar-refractivity contribution is 7.22. The maximum Gasteiger partial charge on any atom is 0.255 e. The lowest BCUT2D eigenvalue weighted by Crippen LogP contribution is -2.28. The van der Waals surface area contributed by atoms with Gasteiger partial charge in [-0.2, -0.15) is 0 Å². The lowest BCUT2D eigenvalue weighted by molar-refractivity contribution is 0.102. The second kappa shape index (κ2) is 10.9. The van der Waals surface area contributed by atoms with Crippen LogP contribution in [-0.2, 0) is 0 Å². The molecule has 0 aliphatic rings. The largest absolute Gasteiger partial charge is 0.494 e. The van der Waals surface area contributed by atoms with Crippen LogP contribution < -0.4 is 15.0 Å². The molecule has 3 aromatic carbocycles. The Morgan fingerprint density at radius 2 is 1.77 bits per heavy atom. The zero-order chi connectivity index (χ0) is 24.9. The Labute approximate surface area is 211 Å². The lowest BCUT2D eigenvalue weighted by Gasteiger charge is -2.18. The van der Waals surface area contributed by atoms with Gasteiger partial charge < -0.3 is 19.9 Å². The van der Waals surface area contributed by atoms with Crippen LogP contribution in [0.3, 0.4) is 0 Å². The summed E-state index contributed by atoms with van der Waals surface area (Å²) in [7, 11) is 6.19. The predicted octanol–water partition coefficient (Wildman–Crippen LogP) is 5.92. The number of hydrogen-bond donors (Lipinski definition) is 1. The first-order valence-corrected chi connectivity index (χ1v) is 12.6. The molecule has 0 unspecified atom stereocenters. The minimum Gasteiger partial charge on any atom is -0.494 e. The highest BCUT2D eigenvalue weighted by atomic mass is 32.1. The van der Waals surface area contributed by atoms with Gasteiger partial charge in [0.25, 0.3) is 5.91 Å². The van der Waals surface area contributed by atoms with Crippen LogP contribution in [0.25, 0.3) is 21.3 Å². The monoisotopic (exact) mass is 488 g/mol. The fraction of sp³-hybridized carbons (Fsp3) is 0.286. The molecule has 0 saturated heterocycles. The number of carbonyl (C=O) groups is 1. The first-order valence-electron chi connectivity index (χ1n) is 11.8. The molecule has 0 aliphatic carbocycles. The molecule has 4 rings (SSSR count). The third kappa shape index (κ3) is 5.99. The fourth-order valence-electron chi connectivity index (χ4n) is 3.82. The summed E-state index contributed by atoms with van der Waals surface area (Å²) in [5, 5.41) is 4.00. The Bertz CT molecular complexity index is 1310. The number of ether oxygens (including phenoxy) is 1. The van der Waals surface area contributed by atoms with Crippen molar-refractivity contribution in [3.8, 4) is 16.9 Å². The number of thiazole rings is 1. The van der Waals surface area contributed by atoms with Crippen molar-refractivity contribution in [2.75, 3.05) is 51.1 Å². The summed E-state index contributed by atoms with van der Waals surface area (Å²) < 4.78 is 6.64. The number of nitrogens with zero attached hydrogens (tertiary/aromatic N) is 3. The first kappa shape index (κ1) is 24.7. The standard InChI is InChI=1S/C28H32N4O2S/c1-6-34-23-12-13-24(19(2)17-23)20-7-9-21(10-8-20)27(33)29-22-11-14-25-26(18-22)35-28(30-25)32(5)16-15-31(3)4/h7-14,17-18H,6,15-16H2,1-5H3,(H,29,33). The van der Waals surface area contributed by atoms with Gasteiger partial charge in [-0.15, -0.1) is 0 Å².